The van der Waals surface area contributed by atoms with E-state index in [1.54, 1.807) is 7.11 Å². The van der Waals surface area contributed by atoms with E-state index < -0.39 is 6.04 Å². The average Bonchev–Trinajstić information content (AvgIpc) is 3.07. The van der Waals surface area contributed by atoms with Gasteiger partial charge >= 0.3 is 0 Å². The molecule has 1 rings (SSSR count). The Morgan fingerprint density at radius 3 is 2.59 bits per heavy atom. The zero-order valence-electron chi connectivity index (χ0n) is 11.3. The van der Waals surface area contributed by atoms with Crippen molar-refractivity contribution in [3.05, 3.63) is 0 Å². The summed E-state index contributed by atoms with van der Waals surface area (Å²) in [5.41, 5.74) is 6.17. The second-order valence-corrected chi connectivity index (χ2v) is 5.48. The summed E-state index contributed by atoms with van der Waals surface area (Å²) in [6.45, 7) is 5.88. The predicted octanol–water partition coefficient (Wildman–Crippen LogP) is 1.29. The summed E-state index contributed by atoms with van der Waals surface area (Å²) in [7, 11) is 1.66. The van der Waals surface area contributed by atoms with Gasteiger partial charge in [0.1, 0.15) is 0 Å². The minimum Gasteiger partial charge on any atom is -0.385 e. The molecule has 1 unspecified atom stereocenters. The van der Waals surface area contributed by atoms with Crippen LogP contribution in [0, 0.1) is 11.3 Å². The first-order valence-corrected chi connectivity index (χ1v) is 6.54. The van der Waals surface area contributed by atoms with Crippen molar-refractivity contribution in [1.82, 2.24) is 5.32 Å². The van der Waals surface area contributed by atoms with E-state index in [1.165, 1.54) is 12.8 Å². The number of methoxy groups -OCH3 is 1. The van der Waals surface area contributed by atoms with Gasteiger partial charge in [-0.3, -0.25) is 4.79 Å². The lowest BCUT2D eigenvalue weighted by molar-refractivity contribution is -0.122. The molecule has 0 aromatic carbocycles. The standard InChI is InChI=1S/C13H26N2O2/c1-10(2)13(6-7-13)9-15-12(16)11(14)5-4-8-17-3/h10-11H,4-9,14H2,1-3H3,(H,15,16). The van der Waals surface area contributed by atoms with Crippen LogP contribution in [0.1, 0.15) is 39.5 Å². The van der Waals surface area contributed by atoms with Crippen molar-refractivity contribution in [2.45, 2.75) is 45.6 Å². The second kappa shape index (κ2) is 6.36. The van der Waals surface area contributed by atoms with Crippen LogP contribution in [0.5, 0.6) is 0 Å². The molecule has 4 heteroatoms. The predicted molar refractivity (Wildman–Crippen MR) is 68.6 cm³/mol. The van der Waals surface area contributed by atoms with Gasteiger partial charge < -0.3 is 15.8 Å². The Morgan fingerprint density at radius 1 is 1.47 bits per heavy atom. The number of nitrogens with two attached hydrogens (primary N) is 1. The first-order valence-electron chi connectivity index (χ1n) is 6.54. The van der Waals surface area contributed by atoms with Gasteiger partial charge in [0.05, 0.1) is 6.04 Å². The molecule has 17 heavy (non-hydrogen) atoms. The van der Waals surface area contributed by atoms with Crippen LogP contribution in [-0.2, 0) is 9.53 Å². The van der Waals surface area contributed by atoms with E-state index in [-0.39, 0.29) is 5.91 Å². The molecule has 100 valence electrons. The number of hydrogen-bond donors (Lipinski definition) is 2. The Kier molecular flexibility index (Phi) is 5.40. The van der Waals surface area contributed by atoms with E-state index in [4.69, 9.17) is 10.5 Å². The molecule has 1 aliphatic carbocycles. The van der Waals surface area contributed by atoms with Crippen LogP contribution in [0.25, 0.3) is 0 Å². The molecule has 1 aliphatic rings. The van der Waals surface area contributed by atoms with Crippen LogP contribution in [0.2, 0.25) is 0 Å². The zero-order valence-corrected chi connectivity index (χ0v) is 11.3. The summed E-state index contributed by atoms with van der Waals surface area (Å²) in [6, 6.07) is -0.395. The molecular formula is C13H26N2O2. The summed E-state index contributed by atoms with van der Waals surface area (Å²) >= 11 is 0. The van der Waals surface area contributed by atoms with Crippen LogP contribution in [0.3, 0.4) is 0 Å². The normalized spacial score (nSPS) is 19.1. The first kappa shape index (κ1) is 14.5. The lowest BCUT2D eigenvalue weighted by Crippen LogP contribution is -2.43. The highest BCUT2D eigenvalue weighted by molar-refractivity contribution is 5.81. The van der Waals surface area contributed by atoms with E-state index in [2.05, 4.69) is 19.2 Å². The third-order valence-electron chi connectivity index (χ3n) is 3.93. The molecule has 0 aromatic rings. The molecule has 1 fully saturated rings. The smallest absolute Gasteiger partial charge is 0.236 e. The van der Waals surface area contributed by atoms with Crippen molar-refractivity contribution in [3.63, 3.8) is 0 Å². The summed E-state index contributed by atoms with van der Waals surface area (Å²) < 4.78 is 4.94. The molecule has 1 atom stereocenters. The molecule has 0 heterocycles. The van der Waals surface area contributed by atoms with Gasteiger partial charge in [-0.15, -0.1) is 0 Å². The number of amides is 1. The van der Waals surface area contributed by atoms with Gasteiger partial charge in [-0.2, -0.15) is 0 Å². The third kappa shape index (κ3) is 4.28. The van der Waals surface area contributed by atoms with E-state index >= 15 is 0 Å². The Labute approximate surface area is 104 Å². The molecule has 0 bridgehead atoms. The van der Waals surface area contributed by atoms with Crippen molar-refractivity contribution in [1.29, 1.82) is 0 Å². The van der Waals surface area contributed by atoms with Crippen molar-refractivity contribution in [2.75, 3.05) is 20.3 Å². The van der Waals surface area contributed by atoms with Crippen molar-refractivity contribution in [3.8, 4) is 0 Å². The van der Waals surface area contributed by atoms with Crippen molar-refractivity contribution in [2.24, 2.45) is 17.1 Å². The average molecular weight is 242 g/mol. The molecule has 0 saturated heterocycles. The van der Waals surface area contributed by atoms with Gasteiger partial charge in [0.25, 0.3) is 0 Å². The highest BCUT2D eigenvalue weighted by Crippen LogP contribution is 2.51. The SMILES string of the molecule is COCCCC(N)C(=O)NCC1(C(C)C)CC1. The van der Waals surface area contributed by atoms with Crippen LogP contribution >= 0.6 is 0 Å². The fourth-order valence-corrected chi connectivity index (χ4v) is 2.09. The summed E-state index contributed by atoms with van der Waals surface area (Å²) in [5, 5.41) is 2.99. The summed E-state index contributed by atoms with van der Waals surface area (Å²) in [4.78, 5) is 11.8. The number of rotatable bonds is 8. The number of carbonyl (C=O) groups excluding carboxylic acids is 1. The Bertz CT molecular complexity index is 250. The molecule has 0 aromatic heterocycles. The van der Waals surface area contributed by atoms with Gasteiger partial charge in [-0.25, -0.2) is 0 Å². The highest BCUT2D eigenvalue weighted by atomic mass is 16.5. The zero-order chi connectivity index (χ0) is 12.9. The first-order chi connectivity index (χ1) is 8.02. The molecule has 0 aliphatic heterocycles. The molecule has 4 nitrogen and oxygen atoms in total. The maximum atomic E-state index is 11.8. The van der Waals surface area contributed by atoms with E-state index in [0.29, 0.717) is 24.4 Å². The quantitative estimate of drug-likeness (QED) is 0.630. The van der Waals surface area contributed by atoms with E-state index in [0.717, 1.165) is 13.0 Å². The number of hydrogen-bond acceptors (Lipinski definition) is 3. The highest BCUT2D eigenvalue weighted by Gasteiger charge is 2.45. The topological polar surface area (TPSA) is 64.3 Å². The number of ether oxygens (including phenoxy) is 1. The third-order valence-corrected chi connectivity index (χ3v) is 3.93. The largest absolute Gasteiger partial charge is 0.385 e. The second-order valence-electron chi connectivity index (χ2n) is 5.48. The number of nitrogens with one attached hydrogen (secondary N) is 1. The maximum Gasteiger partial charge on any atom is 0.236 e. The molecule has 3 N–H and O–H groups in total. The number of carbonyl (C=O) groups is 1. The van der Waals surface area contributed by atoms with Gasteiger partial charge in [-0.05, 0) is 37.0 Å². The molecule has 1 saturated carbocycles. The maximum absolute atomic E-state index is 11.8. The van der Waals surface area contributed by atoms with Gasteiger partial charge in [0.2, 0.25) is 5.91 Å². The van der Waals surface area contributed by atoms with E-state index in [9.17, 15) is 4.79 Å². The lowest BCUT2D eigenvalue weighted by Gasteiger charge is -2.21. The minimum absolute atomic E-state index is 0.0203. The fraction of sp³-hybridized carbons (Fsp3) is 0.923. The van der Waals surface area contributed by atoms with E-state index in [1.807, 2.05) is 0 Å². The summed E-state index contributed by atoms with van der Waals surface area (Å²) in [5.74, 6) is 0.612. The van der Waals surface area contributed by atoms with Crippen molar-refractivity contribution >= 4 is 5.91 Å². The Hall–Kier alpha value is -0.610. The van der Waals surface area contributed by atoms with Crippen LogP contribution in [0.4, 0.5) is 0 Å². The fourth-order valence-electron chi connectivity index (χ4n) is 2.09. The molecule has 1 amide bonds. The summed E-state index contributed by atoms with van der Waals surface area (Å²) in [6.07, 6.45) is 3.97. The molecule has 0 spiro atoms. The Morgan fingerprint density at radius 2 is 2.12 bits per heavy atom. The van der Waals surface area contributed by atoms with Crippen molar-refractivity contribution < 1.29 is 9.53 Å². The van der Waals surface area contributed by atoms with Gasteiger partial charge in [0.15, 0.2) is 0 Å². The van der Waals surface area contributed by atoms with Crippen LogP contribution in [0.15, 0.2) is 0 Å². The monoisotopic (exact) mass is 242 g/mol. The molecule has 0 radical (unpaired) electrons. The Balaban J connectivity index is 2.20. The van der Waals surface area contributed by atoms with Gasteiger partial charge in [-0.1, -0.05) is 13.8 Å². The minimum atomic E-state index is -0.395. The molecular weight excluding hydrogens is 216 g/mol. The van der Waals surface area contributed by atoms with Crippen LogP contribution in [-0.4, -0.2) is 32.2 Å². The lowest BCUT2D eigenvalue weighted by atomic mass is 9.92. The van der Waals surface area contributed by atoms with Gasteiger partial charge in [0, 0.05) is 20.3 Å². The van der Waals surface area contributed by atoms with Crippen LogP contribution < -0.4 is 11.1 Å².